The van der Waals surface area contributed by atoms with Crippen molar-refractivity contribution in [2.75, 3.05) is 6.61 Å². The van der Waals surface area contributed by atoms with Crippen molar-refractivity contribution < 1.29 is 15.0 Å². The first-order valence-corrected chi connectivity index (χ1v) is 6.45. The monoisotopic (exact) mass is 316 g/mol. The van der Waals surface area contributed by atoms with Crippen LogP contribution >= 0.6 is 15.9 Å². The van der Waals surface area contributed by atoms with Crippen LogP contribution in [0.3, 0.4) is 0 Å². The summed E-state index contributed by atoms with van der Waals surface area (Å²) in [5.41, 5.74) is 0.879. The highest BCUT2D eigenvalue weighted by atomic mass is 79.9. The van der Waals surface area contributed by atoms with E-state index in [0.717, 1.165) is 5.56 Å². The molecule has 0 radical (unpaired) electrons. The molecule has 2 amide bonds. The molecule has 0 spiro atoms. The van der Waals surface area contributed by atoms with E-state index in [4.69, 9.17) is 5.11 Å². The number of amides is 2. The summed E-state index contributed by atoms with van der Waals surface area (Å²) in [6.45, 7) is 2.25. The molecule has 0 saturated heterocycles. The fourth-order valence-electron chi connectivity index (χ4n) is 1.38. The standard InChI is InChI=1S/C12H17BrN2O3/c1-8(4-5-16)15-12(18)14-7-9-2-3-11(17)10(13)6-9/h2-3,6,8,16-17H,4-5,7H2,1H3,(H2,14,15,18)/t8-/m1/s1. The van der Waals surface area contributed by atoms with Gasteiger partial charge in [0, 0.05) is 19.2 Å². The summed E-state index contributed by atoms with van der Waals surface area (Å²) in [4.78, 5) is 11.5. The van der Waals surface area contributed by atoms with E-state index in [0.29, 0.717) is 17.4 Å². The second-order valence-electron chi connectivity index (χ2n) is 4.03. The molecule has 1 rings (SSSR count). The highest BCUT2D eigenvalue weighted by molar-refractivity contribution is 9.10. The lowest BCUT2D eigenvalue weighted by atomic mass is 10.2. The molecule has 4 N–H and O–H groups in total. The minimum absolute atomic E-state index is 0.0480. The van der Waals surface area contributed by atoms with E-state index < -0.39 is 0 Å². The van der Waals surface area contributed by atoms with Crippen molar-refractivity contribution in [3.63, 3.8) is 0 Å². The van der Waals surface area contributed by atoms with Gasteiger partial charge in [-0.25, -0.2) is 4.79 Å². The maximum absolute atomic E-state index is 11.5. The third kappa shape index (κ3) is 4.93. The van der Waals surface area contributed by atoms with Gasteiger partial charge in [-0.2, -0.15) is 0 Å². The molecular weight excluding hydrogens is 300 g/mol. The third-order valence-corrected chi connectivity index (χ3v) is 3.04. The molecular formula is C12H17BrN2O3. The molecule has 6 heteroatoms. The molecule has 1 aromatic carbocycles. The van der Waals surface area contributed by atoms with Gasteiger partial charge in [0.15, 0.2) is 0 Å². The number of aromatic hydroxyl groups is 1. The first-order valence-electron chi connectivity index (χ1n) is 5.65. The minimum Gasteiger partial charge on any atom is -0.507 e. The Labute approximate surface area is 114 Å². The average molecular weight is 317 g/mol. The fraction of sp³-hybridized carbons (Fsp3) is 0.417. The number of phenolic OH excluding ortho intramolecular Hbond substituents is 1. The van der Waals surface area contributed by atoms with Gasteiger partial charge < -0.3 is 20.8 Å². The zero-order valence-electron chi connectivity index (χ0n) is 10.1. The number of carbonyl (C=O) groups is 1. The van der Waals surface area contributed by atoms with E-state index in [-0.39, 0.29) is 24.4 Å². The van der Waals surface area contributed by atoms with Gasteiger partial charge in [-0.3, -0.25) is 0 Å². The van der Waals surface area contributed by atoms with Gasteiger partial charge in [-0.15, -0.1) is 0 Å². The summed E-state index contributed by atoms with van der Waals surface area (Å²) in [6, 6.07) is 4.69. The lowest BCUT2D eigenvalue weighted by Crippen LogP contribution is -2.40. The number of phenols is 1. The number of aliphatic hydroxyl groups is 1. The SMILES string of the molecule is C[C@H](CCO)NC(=O)NCc1ccc(O)c(Br)c1. The molecule has 0 aliphatic carbocycles. The van der Waals surface area contributed by atoms with Gasteiger partial charge in [0.05, 0.1) is 4.47 Å². The van der Waals surface area contributed by atoms with E-state index in [9.17, 15) is 9.90 Å². The number of aliphatic hydroxyl groups excluding tert-OH is 1. The van der Waals surface area contributed by atoms with Crippen LogP contribution in [0.4, 0.5) is 4.79 Å². The number of hydrogen-bond donors (Lipinski definition) is 4. The van der Waals surface area contributed by atoms with Crippen molar-refractivity contribution in [2.45, 2.75) is 25.9 Å². The summed E-state index contributed by atoms with van der Waals surface area (Å²) in [7, 11) is 0. The lowest BCUT2D eigenvalue weighted by Gasteiger charge is -2.13. The van der Waals surface area contributed by atoms with Crippen molar-refractivity contribution >= 4 is 22.0 Å². The second kappa shape index (κ2) is 7.23. The summed E-state index contributed by atoms with van der Waals surface area (Å²) in [5, 5.41) is 23.4. The maximum Gasteiger partial charge on any atom is 0.315 e. The number of urea groups is 1. The maximum atomic E-state index is 11.5. The van der Waals surface area contributed by atoms with Crippen LogP contribution in [0.2, 0.25) is 0 Å². The van der Waals surface area contributed by atoms with Gasteiger partial charge in [-0.05, 0) is 47.0 Å². The second-order valence-corrected chi connectivity index (χ2v) is 4.88. The van der Waals surface area contributed by atoms with Gasteiger partial charge in [0.2, 0.25) is 0 Å². The van der Waals surface area contributed by atoms with Crippen LogP contribution < -0.4 is 10.6 Å². The van der Waals surface area contributed by atoms with Crippen LogP contribution in [-0.4, -0.2) is 28.9 Å². The number of nitrogens with one attached hydrogen (secondary N) is 2. The molecule has 18 heavy (non-hydrogen) atoms. The van der Waals surface area contributed by atoms with E-state index >= 15 is 0 Å². The summed E-state index contributed by atoms with van der Waals surface area (Å²) >= 11 is 3.21. The molecule has 0 fully saturated rings. The van der Waals surface area contributed by atoms with Crippen molar-refractivity contribution in [2.24, 2.45) is 0 Å². The molecule has 0 unspecified atom stereocenters. The first kappa shape index (κ1) is 14.8. The predicted molar refractivity (Wildman–Crippen MR) is 72.3 cm³/mol. The largest absolute Gasteiger partial charge is 0.507 e. The lowest BCUT2D eigenvalue weighted by molar-refractivity contribution is 0.230. The Kier molecular flexibility index (Phi) is 5.94. The van der Waals surface area contributed by atoms with Crippen molar-refractivity contribution in [3.05, 3.63) is 28.2 Å². The fourth-order valence-corrected chi connectivity index (χ4v) is 1.81. The smallest absolute Gasteiger partial charge is 0.315 e. The van der Waals surface area contributed by atoms with Crippen molar-refractivity contribution in [3.8, 4) is 5.75 Å². The Morgan fingerprint density at radius 2 is 2.22 bits per heavy atom. The summed E-state index contributed by atoms with van der Waals surface area (Å²) in [6.07, 6.45) is 0.526. The van der Waals surface area contributed by atoms with Crippen LogP contribution in [0, 0.1) is 0 Å². The van der Waals surface area contributed by atoms with Gasteiger partial charge in [-0.1, -0.05) is 6.07 Å². The Morgan fingerprint density at radius 1 is 1.50 bits per heavy atom. The third-order valence-electron chi connectivity index (χ3n) is 2.40. The molecule has 0 aliphatic rings. The topological polar surface area (TPSA) is 81.6 Å². The quantitative estimate of drug-likeness (QED) is 0.667. The molecule has 0 heterocycles. The molecule has 5 nitrogen and oxygen atoms in total. The number of rotatable bonds is 5. The highest BCUT2D eigenvalue weighted by Gasteiger charge is 2.06. The van der Waals surface area contributed by atoms with E-state index in [1.807, 2.05) is 6.92 Å². The van der Waals surface area contributed by atoms with Crippen LogP contribution in [0.25, 0.3) is 0 Å². The van der Waals surface area contributed by atoms with E-state index in [1.54, 1.807) is 18.2 Å². The van der Waals surface area contributed by atoms with Crippen LogP contribution in [0.1, 0.15) is 18.9 Å². The number of hydrogen-bond acceptors (Lipinski definition) is 3. The van der Waals surface area contributed by atoms with Gasteiger partial charge in [0.25, 0.3) is 0 Å². The molecule has 0 bridgehead atoms. The van der Waals surface area contributed by atoms with Crippen LogP contribution in [0.15, 0.2) is 22.7 Å². The minimum atomic E-state index is -0.278. The molecule has 0 aliphatic heterocycles. The molecule has 0 saturated carbocycles. The number of carbonyl (C=O) groups excluding carboxylic acids is 1. The summed E-state index contributed by atoms with van der Waals surface area (Å²) < 4.78 is 0.593. The summed E-state index contributed by atoms with van der Waals surface area (Å²) in [5.74, 6) is 0.166. The van der Waals surface area contributed by atoms with E-state index in [1.165, 1.54) is 0 Å². The van der Waals surface area contributed by atoms with Crippen LogP contribution in [0.5, 0.6) is 5.75 Å². The zero-order valence-corrected chi connectivity index (χ0v) is 11.7. The normalized spacial score (nSPS) is 11.9. The number of halogens is 1. The van der Waals surface area contributed by atoms with Gasteiger partial charge >= 0.3 is 6.03 Å². The molecule has 0 aromatic heterocycles. The molecule has 1 atom stereocenters. The zero-order chi connectivity index (χ0) is 13.5. The highest BCUT2D eigenvalue weighted by Crippen LogP contribution is 2.24. The predicted octanol–water partition coefficient (Wildman–Crippen LogP) is 1.72. The Morgan fingerprint density at radius 3 is 2.83 bits per heavy atom. The Bertz CT molecular complexity index is 412. The van der Waals surface area contributed by atoms with Gasteiger partial charge in [0.1, 0.15) is 5.75 Å². The Balaban J connectivity index is 2.40. The van der Waals surface area contributed by atoms with Crippen molar-refractivity contribution in [1.82, 2.24) is 10.6 Å². The first-order chi connectivity index (χ1) is 8.52. The van der Waals surface area contributed by atoms with E-state index in [2.05, 4.69) is 26.6 Å². The number of benzene rings is 1. The Hall–Kier alpha value is -1.27. The molecule has 100 valence electrons. The van der Waals surface area contributed by atoms with Crippen molar-refractivity contribution in [1.29, 1.82) is 0 Å². The average Bonchev–Trinajstić information content (AvgIpc) is 2.31. The van der Waals surface area contributed by atoms with Crippen LogP contribution in [-0.2, 0) is 6.54 Å². The molecule has 1 aromatic rings.